The third-order valence-electron chi connectivity index (χ3n) is 3.07. The molecule has 0 spiro atoms. The highest BCUT2D eigenvalue weighted by Crippen LogP contribution is 2.24. The fraction of sp³-hybridized carbons (Fsp3) is 0.385. The molecule has 3 rings (SSSR count). The number of nitrogens with one attached hydrogen (secondary N) is 1. The summed E-state index contributed by atoms with van der Waals surface area (Å²) in [7, 11) is 0. The van der Waals surface area contributed by atoms with Gasteiger partial charge in [0.25, 0.3) is 0 Å². The lowest BCUT2D eigenvalue weighted by molar-refractivity contribution is 0.685. The summed E-state index contributed by atoms with van der Waals surface area (Å²) < 4.78 is 0. The van der Waals surface area contributed by atoms with Crippen molar-refractivity contribution in [3.05, 3.63) is 30.5 Å². The summed E-state index contributed by atoms with van der Waals surface area (Å²) in [5, 5.41) is 13.0. The molecule has 1 unspecified atom stereocenters. The molecule has 1 aliphatic rings. The third-order valence-corrected chi connectivity index (χ3v) is 4.28. The van der Waals surface area contributed by atoms with Crippen molar-refractivity contribution in [2.75, 3.05) is 16.8 Å². The molecular formula is C13H15N3S. The van der Waals surface area contributed by atoms with Crippen LogP contribution in [0.1, 0.15) is 12.8 Å². The summed E-state index contributed by atoms with van der Waals surface area (Å²) in [4.78, 5) is 0. The maximum Gasteiger partial charge on any atom is 0.0950 e. The minimum absolute atomic E-state index is 0.571. The minimum atomic E-state index is 0.571. The predicted octanol–water partition coefficient (Wildman–Crippen LogP) is 2.94. The van der Waals surface area contributed by atoms with Gasteiger partial charge in [-0.1, -0.05) is 18.2 Å². The Hall–Kier alpha value is -1.29. The average molecular weight is 245 g/mol. The van der Waals surface area contributed by atoms with Crippen molar-refractivity contribution in [1.82, 2.24) is 10.2 Å². The standard InChI is InChI=1S/C13H15N3S/c1-2-6-12-11(5-1)13(8-14-16-12)15-10-4-3-7-17-9-10/h1-2,5-6,8,10H,3-4,7,9H2,(H,15,16). The smallest absolute Gasteiger partial charge is 0.0950 e. The fourth-order valence-electron chi connectivity index (χ4n) is 2.20. The molecule has 2 heterocycles. The first-order valence-electron chi connectivity index (χ1n) is 5.98. The van der Waals surface area contributed by atoms with Crippen LogP contribution in [0.2, 0.25) is 0 Å². The zero-order valence-corrected chi connectivity index (χ0v) is 10.4. The van der Waals surface area contributed by atoms with E-state index in [0.29, 0.717) is 6.04 Å². The number of hydrogen-bond acceptors (Lipinski definition) is 4. The van der Waals surface area contributed by atoms with Crippen molar-refractivity contribution in [1.29, 1.82) is 0 Å². The summed E-state index contributed by atoms with van der Waals surface area (Å²) >= 11 is 2.03. The summed E-state index contributed by atoms with van der Waals surface area (Å²) in [5.41, 5.74) is 2.07. The topological polar surface area (TPSA) is 37.8 Å². The van der Waals surface area contributed by atoms with E-state index in [1.54, 1.807) is 0 Å². The van der Waals surface area contributed by atoms with Gasteiger partial charge in [0.05, 0.1) is 17.4 Å². The number of aromatic nitrogens is 2. The molecule has 0 radical (unpaired) electrons. The van der Waals surface area contributed by atoms with Crippen molar-refractivity contribution in [3.63, 3.8) is 0 Å². The summed E-state index contributed by atoms with van der Waals surface area (Å²) in [5.74, 6) is 2.49. The molecular weight excluding hydrogens is 230 g/mol. The van der Waals surface area contributed by atoms with Crippen LogP contribution in [-0.4, -0.2) is 27.7 Å². The van der Waals surface area contributed by atoms with Crippen LogP contribution < -0.4 is 5.32 Å². The molecule has 17 heavy (non-hydrogen) atoms. The van der Waals surface area contributed by atoms with Gasteiger partial charge < -0.3 is 5.32 Å². The van der Waals surface area contributed by atoms with Gasteiger partial charge in [0, 0.05) is 17.2 Å². The highest BCUT2D eigenvalue weighted by Gasteiger charge is 2.14. The van der Waals surface area contributed by atoms with Crippen LogP contribution in [0.15, 0.2) is 30.5 Å². The number of thioether (sulfide) groups is 1. The van der Waals surface area contributed by atoms with Crippen molar-refractivity contribution < 1.29 is 0 Å². The van der Waals surface area contributed by atoms with E-state index >= 15 is 0 Å². The number of rotatable bonds is 2. The van der Waals surface area contributed by atoms with Gasteiger partial charge in [0.2, 0.25) is 0 Å². The molecule has 1 atom stereocenters. The highest BCUT2D eigenvalue weighted by atomic mass is 32.2. The summed E-state index contributed by atoms with van der Waals surface area (Å²) in [6.45, 7) is 0. The second kappa shape index (κ2) is 4.92. The molecule has 88 valence electrons. The normalized spacial score (nSPS) is 20.4. The third kappa shape index (κ3) is 2.36. The number of anilines is 1. The van der Waals surface area contributed by atoms with E-state index in [9.17, 15) is 0 Å². The Morgan fingerprint density at radius 1 is 1.29 bits per heavy atom. The molecule has 0 saturated carbocycles. The Morgan fingerprint density at radius 3 is 3.12 bits per heavy atom. The Labute approximate surface area is 105 Å². The van der Waals surface area contributed by atoms with Gasteiger partial charge in [-0.3, -0.25) is 0 Å². The maximum atomic E-state index is 4.14. The van der Waals surface area contributed by atoms with Crippen LogP contribution in [0.3, 0.4) is 0 Å². The monoisotopic (exact) mass is 245 g/mol. The lowest BCUT2D eigenvalue weighted by Crippen LogP contribution is -2.25. The van der Waals surface area contributed by atoms with Gasteiger partial charge in [-0.2, -0.15) is 22.0 Å². The van der Waals surface area contributed by atoms with Crippen LogP contribution in [0.5, 0.6) is 0 Å². The van der Waals surface area contributed by atoms with Gasteiger partial charge in [-0.25, -0.2) is 0 Å². The van der Waals surface area contributed by atoms with Gasteiger partial charge in [-0.05, 0) is 24.7 Å². The number of benzene rings is 1. The van der Waals surface area contributed by atoms with E-state index in [2.05, 4.69) is 21.6 Å². The minimum Gasteiger partial charge on any atom is -0.380 e. The lowest BCUT2D eigenvalue weighted by Gasteiger charge is -2.23. The van der Waals surface area contributed by atoms with E-state index in [4.69, 9.17) is 0 Å². The molecule has 0 bridgehead atoms. The van der Waals surface area contributed by atoms with Crippen molar-refractivity contribution in [2.45, 2.75) is 18.9 Å². The van der Waals surface area contributed by atoms with Crippen molar-refractivity contribution >= 4 is 28.4 Å². The van der Waals surface area contributed by atoms with Crippen molar-refractivity contribution in [2.24, 2.45) is 0 Å². The van der Waals surface area contributed by atoms with E-state index < -0.39 is 0 Å². The molecule has 0 aliphatic carbocycles. The van der Waals surface area contributed by atoms with Crippen LogP contribution in [-0.2, 0) is 0 Å². The first kappa shape index (κ1) is 10.8. The first-order valence-corrected chi connectivity index (χ1v) is 7.14. The molecule has 2 aromatic rings. The van der Waals surface area contributed by atoms with Gasteiger partial charge in [0.15, 0.2) is 0 Å². The van der Waals surface area contributed by atoms with Crippen molar-refractivity contribution in [3.8, 4) is 0 Å². The molecule has 1 saturated heterocycles. The van der Waals surface area contributed by atoms with E-state index in [1.807, 2.05) is 36.2 Å². The van der Waals surface area contributed by atoms with Gasteiger partial charge in [0.1, 0.15) is 0 Å². The fourth-order valence-corrected chi connectivity index (χ4v) is 3.27. The average Bonchev–Trinajstić information content (AvgIpc) is 2.40. The number of fused-ring (bicyclic) bond motifs is 1. The second-order valence-corrected chi connectivity index (χ2v) is 5.48. The Bertz CT molecular complexity index is 503. The summed E-state index contributed by atoms with van der Waals surface area (Å²) in [6, 6.07) is 8.72. The zero-order valence-electron chi connectivity index (χ0n) is 9.60. The Balaban J connectivity index is 1.89. The summed E-state index contributed by atoms with van der Waals surface area (Å²) in [6.07, 6.45) is 4.39. The van der Waals surface area contributed by atoms with Crippen LogP contribution in [0, 0.1) is 0 Å². The van der Waals surface area contributed by atoms with Gasteiger partial charge in [-0.15, -0.1) is 0 Å². The molecule has 1 N–H and O–H groups in total. The van der Waals surface area contributed by atoms with Gasteiger partial charge >= 0.3 is 0 Å². The number of hydrogen-bond donors (Lipinski definition) is 1. The van der Waals surface area contributed by atoms with Crippen LogP contribution >= 0.6 is 11.8 Å². The molecule has 0 amide bonds. The largest absolute Gasteiger partial charge is 0.380 e. The molecule has 1 aromatic heterocycles. The van der Waals surface area contributed by atoms with E-state index in [0.717, 1.165) is 16.6 Å². The second-order valence-electron chi connectivity index (χ2n) is 4.33. The zero-order chi connectivity index (χ0) is 11.5. The quantitative estimate of drug-likeness (QED) is 0.882. The molecule has 1 aromatic carbocycles. The molecule has 1 fully saturated rings. The molecule has 1 aliphatic heterocycles. The molecule has 4 heteroatoms. The van der Waals surface area contributed by atoms with E-state index in [-0.39, 0.29) is 0 Å². The number of nitrogens with zero attached hydrogens (tertiary/aromatic N) is 2. The van der Waals surface area contributed by atoms with Crippen LogP contribution in [0.4, 0.5) is 5.69 Å². The lowest BCUT2D eigenvalue weighted by atomic mass is 10.1. The Morgan fingerprint density at radius 2 is 2.24 bits per heavy atom. The molecule has 3 nitrogen and oxygen atoms in total. The first-order chi connectivity index (χ1) is 8.43. The highest BCUT2D eigenvalue weighted by molar-refractivity contribution is 7.99. The predicted molar refractivity (Wildman–Crippen MR) is 73.5 cm³/mol. The van der Waals surface area contributed by atoms with Crippen LogP contribution in [0.25, 0.3) is 10.9 Å². The van der Waals surface area contributed by atoms with E-state index in [1.165, 1.54) is 24.3 Å². The maximum absolute atomic E-state index is 4.14. The Kier molecular flexibility index (Phi) is 3.14. The SMILES string of the molecule is c1ccc2c(NC3CCCSC3)cnnc2c1.